The van der Waals surface area contributed by atoms with Crippen LogP contribution in [0.3, 0.4) is 0 Å². The van der Waals surface area contributed by atoms with Crippen molar-refractivity contribution in [2.75, 3.05) is 5.73 Å². The third kappa shape index (κ3) is 3.71. The Morgan fingerprint density at radius 3 is 2.53 bits per heavy atom. The zero-order valence-electron chi connectivity index (χ0n) is 11.4. The van der Waals surface area contributed by atoms with Crippen LogP contribution < -0.4 is 11.1 Å². The van der Waals surface area contributed by atoms with Gasteiger partial charge in [0.25, 0.3) is 5.91 Å². The van der Waals surface area contributed by atoms with E-state index in [0.29, 0.717) is 17.7 Å². The summed E-state index contributed by atoms with van der Waals surface area (Å²) >= 11 is 0. The highest BCUT2D eigenvalue weighted by molar-refractivity contribution is 5.97. The minimum atomic E-state index is -1.02. The van der Waals surface area contributed by atoms with Crippen LogP contribution in [0.15, 0.2) is 18.2 Å². The van der Waals surface area contributed by atoms with Crippen LogP contribution >= 0.6 is 0 Å². The van der Waals surface area contributed by atoms with Gasteiger partial charge in [0.15, 0.2) is 0 Å². The number of nitrogens with one attached hydrogen (secondary N) is 1. The van der Waals surface area contributed by atoms with E-state index in [-0.39, 0.29) is 5.92 Å². The van der Waals surface area contributed by atoms with E-state index in [2.05, 4.69) is 5.32 Å². The number of carbonyl (C=O) groups is 2. The molecule has 0 aliphatic carbocycles. The maximum absolute atomic E-state index is 12.0. The first-order valence-corrected chi connectivity index (χ1v) is 6.26. The molecule has 5 nitrogen and oxygen atoms in total. The third-order valence-corrected chi connectivity index (χ3v) is 3.30. The average molecular weight is 264 g/mol. The Morgan fingerprint density at radius 1 is 1.42 bits per heavy atom. The second kappa shape index (κ2) is 6.22. The summed E-state index contributed by atoms with van der Waals surface area (Å²) in [6, 6.07) is 4.01. The molecule has 19 heavy (non-hydrogen) atoms. The number of carboxylic acids is 1. The highest BCUT2D eigenvalue weighted by Crippen LogP contribution is 2.14. The van der Waals surface area contributed by atoms with Crippen molar-refractivity contribution >= 4 is 17.6 Å². The quantitative estimate of drug-likeness (QED) is 0.707. The van der Waals surface area contributed by atoms with Gasteiger partial charge in [-0.1, -0.05) is 20.3 Å². The molecule has 1 rings (SSSR count). The van der Waals surface area contributed by atoms with E-state index < -0.39 is 17.9 Å². The number of amides is 1. The van der Waals surface area contributed by atoms with Crippen molar-refractivity contribution < 1.29 is 14.7 Å². The van der Waals surface area contributed by atoms with E-state index in [1.165, 1.54) is 0 Å². The molecule has 2 unspecified atom stereocenters. The number of hydrogen-bond donors (Lipinski definition) is 3. The number of carboxylic acid groups (broad SMARTS) is 1. The molecule has 0 saturated heterocycles. The number of aryl methyl sites for hydroxylation is 1. The van der Waals surface area contributed by atoms with Gasteiger partial charge in [0.05, 0.1) is 0 Å². The first kappa shape index (κ1) is 15.0. The lowest BCUT2D eigenvalue weighted by Gasteiger charge is -2.20. The molecule has 0 bridgehead atoms. The summed E-state index contributed by atoms with van der Waals surface area (Å²) in [7, 11) is 0. The predicted octanol–water partition coefficient (Wildman–Crippen LogP) is 1.81. The molecule has 104 valence electrons. The van der Waals surface area contributed by atoms with E-state index in [4.69, 9.17) is 10.8 Å². The van der Waals surface area contributed by atoms with Gasteiger partial charge in [0.2, 0.25) is 0 Å². The van der Waals surface area contributed by atoms with Crippen molar-refractivity contribution in [1.82, 2.24) is 5.32 Å². The lowest BCUT2D eigenvalue weighted by molar-refractivity contribution is -0.140. The Labute approximate surface area is 112 Å². The Balaban J connectivity index is 2.87. The zero-order valence-corrected chi connectivity index (χ0v) is 11.4. The van der Waals surface area contributed by atoms with Gasteiger partial charge >= 0.3 is 5.97 Å². The molecule has 0 heterocycles. The van der Waals surface area contributed by atoms with Crippen molar-refractivity contribution in [3.63, 3.8) is 0 Å². The van der Waals surface area contributed by atoms with Gasteiger partial charge in [0, 0.05) is 11.3 Å². The summed E-state index contributed by atoms with van der Waals surface area (Å²) in [5.41, 5.74) is 7.50. The fourth-order valence-electron chi connectivity index (χ4n) is 1.72. The van der Waals surface area contributed by atoms with E-state index in [9.17, 15) is 9.59 Å². The standard InChI is InChI=1S/C14H20N2O3/c1-4-8(2)12(14(18)19)16-13(17)10-5-6-11(15)9(3)7-10/h5-8,12H,4,15H2,1-3H3,(H,16,17)(H,18,19). The number of hydrogen-bond acceptors (Lipinski definition) is 3. The maximum atomic E-state index is 12.0. The van der Waals surface area contributed by atoms with Gasteiger partial charge < -0.3 is 16.2 Å². The maximum Gasteiger partial charge on any atom is 0.326 e. The fourth-order valence-corrected chi connectivity index (χ4v) is 1.72. The van der Waals surface area contributed by atoms with Crippen molar-refractivity contribution in [2.45, 2.75) is 33.2 Å². The van der Waals surface area contributed by atoms with E-state index in [1.807, 2.05) is 6.92 Å². The van der Waals surface area contributed by atoms with Crippen LogP contribution in [0.1, 0.15) is 36.2 Å². The predicted molar refractivity (Wildman–Crippen MR) is 73.9 cm³/mol. The molecule has 0 spiro atoms. The highest BCUT2D eigenvalue weighted by Gasteiger charge is 2.25. The highest BCUT2D eigenvalue weighted by atomic mass is 16.4. The average Bonchev–Trinajstić information content (AvgIpc) is 2.37. The number of nitrogens with two attached hydrogens (primary N) is 1. The molecule has 1 aromatic carbocycles. The summed E-state index contributed by atoms with van der Waals surface area (Å²) in [5.74, 6) is -1.54. The second-order valence-electron chi connectivity index (χ2n) is 4.75. The third-order valence-electron chi connectivity index (χ3n) is 3.30. The van der Waals surface area contributed by atoms with Crippen LogP contribution in [0.5, 0.6) is 0 Å². The molecule has 5 heteroatoms. The molecule has 0 aromatic heterocycles. The Hall–Kier alpha value is -2.04. The van der Waals surface area contributed by atoms with Gasteiger partial charge in [-0.15, -0.1) is 0 Å². The van der Waals surface area contributed by atoms with Crippen LogP contribution in [0.25, 0.3) is 0 Å². The van der Waals surface area contributed by atoms with E-state index >= 15 is 0 Å². The van der Waals surface area contributed by atoms with Crippen molar-refractivity contribution in [2.24, 2.45) is 5.92 Å². The molecular weight excluding hydrogens is 244 g/mol. The largest absolute Gasteiger partial charge is 0.480 e. The molecule has 0 aliphatic rings. The van der Waals surface area contributed by atoms with Gasteiger partial charge in [-0.25, -0.2) is 4.79 Å². The Morgan fingerprint density at radius 2 is 2.05 bits per heavy atom. The normalized spacial score (nSPS) is 13.6. The number of aliphatic carboxylic acids is 1. The Kier molecular flexibility index (Phi) is 4.92. The summed E-state index contributed by atoms with van der Waals surface area (Å²) in [6.45, 7) is 5.49. The Bertz CT molecular complexity index is 486. The van der Waals surface area contributed by atoms with Crippen LogP contribution in [-0.4, -0.2) is 23.0 Å². The van der Waals surface area contributed by atoms with E-state index in [0.717, 1.165) is 5.56 Å². The SMILES string of the molecule is CCC(C)C(NC(=O)c1ccc(N)c(C)c1)C(=O)O. The van der Waals surface area contributed by atoms with Crippen molar-refractivity contribution in [3.8, 4) is 0 Å². The summed E-state index contributed by atoms with van der Waals surface area (Å²) < 4.78 is 0. The minimum absolute atomic E-state index is 0.128. The smallest absolute Gasteiger partial charge is 0.326 e. The molecule has 1 aromatic rings. The number of benzene rings is 1. The van der Waals surface area contributed by atoms with Crippen LogP contribution in [0, 0.1) is 12.8 Å². The molecule has 2 atom stereocenters. The first-order valence-electron chi connectivity index (χ1n) is 6.26. The molecule has 0 radical (unpaired) electrons. The molecule has 0 aliphatic heterocycles. The lowest BCUT2D eigenvalue weighted by Crippen LogP contribution is -2.45. The first-order chi connectivity index (χ1) is 8.86. The number of nitrogen functional groups attached to an aromatic ring is 1. The molecular formula is C14H20N2O3. The van der Waals surface area contributed by atoms with Gasteiger partial charge in [0.1, 0.15) is 6.04 Å². The second-order valence-corrected chi connectivity index (χ2v) is 4.75. The number of rotatable bonds is 5. The molecule has 0 saturated carbocycles. The topological polar surface area (TPSA) is 92.4 Å². The summed E-state index contributed by atoms with van der Waals surface area (Å²) in [6.07, 6.45) is 0.679. The van der Waals surface area contributed by atoms with Crippen LogP contribution in [0.4, 0.5) is 5.69 Å². The van der Waals surface area contributed by atoms with Gasteiger partial charge in [-0.3, -0.25) is 4.79 Å². The van der Waals surface area contributed by atoms with Crippen molar-refractivity contribution in [3.05, 3.63) is 29.3 Å². The van der Waals surface area contributed by atoms with Crippen LogP contribution in [-0.2, 0) is 4.79 Å². The van der Waals surface area contributed by atoms with Gasteiger partial charge in [-0.2, -0.15) is 0 Å². The molecule has 4 N–H and O–H groups in total. The van der Waals surface area contributed by atoms with E-state index in [1.54, 1.807) is 32.0 Å². The lowest BCUT2D eigenvalue weighted by atomic mass is 9.98. The van der Waals surface area contributed by atoms with Gasteiger partial charge in [-0.05, 0) is 36.6 Å². The van der Waals surface area contributed by atoms with Crippen LogP contribution in [0.2, 0.25) is 0 Å². The zero-order chi connectivity index (χ0) is 14.6. The summed E-state index contributed by atoms with van der Waals surface area (Å²) in [5, 5.41) is 11.7. The fraction of sp³-hybridized carbons (Fsp3) is 0.429. The summed E-state index contributed by atoms with van der Waals surface area (Å²) in [4.78, 5) is 23.2. The number of anilines is 1. The monoisotopic (exact) mass is 264 g/mol. The molecule has 1 amide bonds. The number of carbonyl (C=O) groups excluding carboxylic acids is 1. The molecule has 0 fully saturated rings. The van der Waals surface area contributed by atoms with Crippen molar-refractivity contribution in [1.29, 1.82) is 0 Å². The minimum Gasteiger partial charge on any atom is -0.480 e.